The molecule has 2 aromatic carbocycles. The molecule has 1 aliphatic rings. The maximum atomic E-state index is 12.4. The number of aromatic hydroxyl groups is 1. The molecule has 7 heteroatoms. The van der Waals surface area contributed by atoms with Gasteiger partial charge in [0.05, 0.1) is 5.52 Å². The van der Waals surface area contributed by atoms with E-state index in [9.17, 15) is 9.90 Å². The smallest absolute Gasteiger partial charge is 0.295 e. The number of aromatic nitrogens is 1. The van der Waals surface area contributed by atoms with Crippen LogP contribution in [0.15, 0.2) is 52.7 Å². The Kier molecular flexibility index (Phi) is 4.27. The van der Waals surface area contributed by atoms with Crippen molar-refractivity contribution in [2.75, 3.05) is 6.79 Å². The zero-order valence-corrected chi connectivity index (χ0v) is 15.0. The monoisotopic (exact) mass is 365 g/mol. The maximum absolute atomic E-state index is 12.4. The highest BCUT2D eigenvalue weighted by Crippen LogP contribution is 2.39. The van der Waals surface area contributed by atoms with Gasteiger partial charge in [-0.3, -0.25) is 4.79 Å². The van der Waals surface area contributed by atoms with Crippen molar-refractivity contribution in [1.82, 2.24) is 4.57 Å². The molecule has 138 valence electrons. The Morgan fingerprint density at radius 3 is 2.78 bits per heavy atom. The third kappa shape index (κ3) is 3.12. The quantitative estimate of drug-likeness (QED) is 0.682. The number of benzene rings is 2. The Bertz CT molecular complexity index is 1050. The zero-order valence-electron chi connectivity index (χ0n) is 15.0. The highest BCUT2D eigenvalue weighted by molar-refractivity contribution is 5.97. The summed E-state index contributed by atoms with van der Waals surface area (Å²) in [5, 5.41) is 19.3. The van der Waals surface area contributed by atoms with Crippen LogP contribution >= 0.6 is 0 Å². The standard InChI is InChI=1S/C20H19N3O4/c1-12(2)10-23-15-6-4-3-5-14(15)18(20(23)25)21-22-19(24)13-7-8-16-17(9-13)27-11-26-16/h3-9,12,25H,10-11H2,1-2H3. The van der Waals surface area contributed by atoms with Gasteiger partial charge in [-0.2, -0.15) is 0 Å². The number of amides is 1. The maximum Gasteiger partial charge on any atom is 0.295 e. The van der Waals surface area contributed by atoms with E-state index in [0.717, 1.165) is 10.9 Å². The third-order valence-corrected chi connectivity index (χ3v) is 4.33. The van der Waals surface area contributed by atoms with E-state index in [1.165, 1.54) is 0 Å². The second kappa shape index (κ2) is 6.75. The number of fused-ring (bicyclic) bond motifs is 2. The van der Waals surface area contributed by atoms with Crippen LogP contribution in [0.4, 0.5) is 5.69 Å². The van der Waals surface area contributed by atoms with Crippen LogP contribution in [-0.4, -0.2) is 22.4 Å². The molecule has 1 N–H and O–H groups in total. The van der Waals surface area contributed by atoms with Crippen LogP contribution in [0.5, 0.6) is 17.4 Å². The van der Waals surface area contributed by atoms with Gasteiger partial charge in [-0.05, 0) is 30.2 Å². The molecule has 0 atom stereocenters. The molecule has 0 bridgehead atoms. The average Bonchev–Trinajstić information content (AvgIpc) is 3.23. The van der Waals surface area contributed by atoms with Crippen molar-refractivity contribution in [2.45, 2.75) is 20.4 Å². The lowest BCUT2D eigenvalue weighted by molar-refractivity contribution is 0.0994. The number of ether oxygens (including phenoxy) is 2. The molecule has 0 radical (unpaired) electrons. The molecule has 7 nitrogen and oxygen atoms in total. The van der Waals surface area contributed by atoms with Gasteiger partial charge in [-0.25, -0.2) is 0 Å². The Morgan fingerprint density at radius 2 is 1.96 bits per heavy atom. The summed E-state index contributed by atoms with van der Waals surface area (Å²) in [4.78, 5) is 12.4. The molecule has 0 saturated heterocycles. The molecule has 0 aliphatic carbocycles. The summed E-state index contributed by atoms with van der Waals surface area (Å²) in [5.74, 6) is 0.928. The Balaban J connectivity index is 1.68. The normalized spacial score (nSPS) is 13.1. The predicted molar refractivity (Wildman–Crippen MR) is 99.9 cm³/mol. The van der Waals surface area contributed by atoms with Crippen LogP contribution < -0.4 is 9.47 Å². The first-order chi connectivity index (χ1) is 13.0. The fraction of sp³-hybridized carbons (Fsp3) is 0.250. The Hall–Kier alpha value is -3.35. The van der Waals surface area contributed by atoms with E-state index in [4.69, 9.17) is 9.47 Å². The van der Waals surface area contributed by atoms with E-state index in [1.54, 1.807) is 22.8 Å². The average molecular weight is 365 g/mol. The number of hydrogen-bond donors (Lipinski definition) is 1. The first-order valence-electron chi connectivity index (χ1n) is 8.70. The summed E-state index contributed by atoms with van der Waals surface area (Å²) in [7, 11) is 0. The molecule has 0 saturated carbocycles. The van der Waals surface area contributed by atoms with Gasteiger partial charge in [0.2, 0.25) is 12.7 Å². The van der Waals surface area contributed by atoms with Gasteiger partial charge in [0, 0.05) is 17.5 Å². The van der Waals surface area contributed by atoms with E-state index in [-0.39, 0.29) is 12.7 Å². The van der Waals surface area contributed by atoms with Crippen LogP contribution in [0.25, 0.3) is 10.9 Å². The van der Waals surface area contributed by atoms with E-state index < -0.39 is 5.91 Å². The highest BCUT2D eigenvalue weighted by Gasteiger charge is 2.19. The molecule has 4 rings (SSSR count). The van der Waals surface area contributed by atoms with E-state index in [2.05, 4.69) is 24.1 Å². The highest BCUT2D eigenvalue weighted by atomic mass is 16.7. The molecular weight excluding hydrogens is 346 g/mol. The van der Waals surface area contributed by atoms with E-state index >= 15 is 0 Å². The van der Waals surface area contributed by atoms with Crippen molar-refractivity contribution in [3.05, 3.63) is 48.0 Å². The van der Waals surface area contributed by atoms with Crippen LogP contribution in [0.1, 0.15) is 24.2 Å². The number of para-hydroxylation sites is 1. The van der Waals surface area contributed by atoms with Crippen LogP contribution in [0, 0.1) is 5.92 Å². The van der Waals surface area contributed by atoms with Crippen molar-refractivity contribution in [2.24, 2.45) is 16.1 Å². The van der Waals surface area contributed by atoms with Gasteiger partial charge in [0.25, 0.3) is 5.91 Å². The molecule has 0 unspecified atom stereocenters. The molecule has 1 aromatic heterocycles. The summed E-state index contributed by atoms with van der Waals surface area (Å²) >= 11 is 0. The van der Waals surface area contributed by atoms with Gasteiger partial charge in [0.1, 0.15) is 0 Å². The summed E-state index contributed by atoms with van der Waals surface area (Å²) in [6, 6.07) is 12.4. The minimum atomic E-state index is -0.520. The van der Waals surface area contributed by atoms with Crippen LogP contribution in [-0.2, 0) is 6.54 Å². The Morgan fingerprint density at radius 1 is 1.19 bits per heavy atom. The summed E-state index contributed by atoms with van der Waals surface area (Å²) < 4.78 is 12.3. The van der Waals surface area contributed by atoms with E-state index in [0.29, 0.717) is 35.2 Å². The molecule has 0 spiro atoms. The molecule has 1 amide bonds. The molecule has 1 aliphatic heterocycles. The van der Waals surface area contributed by atoms with Crippen molar-refractivity contribution < 1.29 is 19.4 Å². The number of azo groups is 1. The number of carbonyl (C=O) groups excluding carboxylic acids is 1. The number of carbonyl (C=O) groups is 1. The van der Waals surface area contributed by atoms with E-state index in [1.807, 2.05) is 24.3 Å². The number of rotatable bonds is 4. The number of nitrogens with zero attached hydrogens (tertiary/aromatic N) is 3. The number of hydrogen-bond acceptors (Lipinski definition) is 5. The lowest BCUT2D eigenvalue weighted by Gasteiger charge is -2.09. The molecule has 0 fully saturated rings. The van der Waals surface area contributed by atoms with Crippen molar-refractivity contribution >= 4 is 22.5 Å². The fourth-order valence-corrected chi connectivity index (χ4v) is 3.10. The molecule has 27 heavy (non-hydrogen) atoms. The van der Waals surface area contributed by atoms with Gasteiger partial charge >= 0.3 is 0 Å². The van der Waals surface area contributed by atoms with Crippen molar-refractivity contribution in [1.29, 1.82) is 0 Å². The summed E-state index contributed by atoms with van der Waals surface area (Å²) in [6.07, 6.45) is 0. The summed E-state index contributed by atoms with van der Waals surface area (Å²) in [6.45, 7) is 4.91. The van der Waals surface area contributed by atoms with Crippen molar-refractivity contribution in [3.8, 4) is 17.4 Å². The third-order valence-electron chi connectivity index (χ3n) is 4.33. The first-order valence-corrected chi connectivity index (χ1v) is 8.70. The zero-order chi connectivity index (χ0) is 19.0. The lowest BCUT2D eigenvalue weighted by Crippen LogP contribution is -2.03. The largest absolute Gasteiger partial charge is 0.493 e. The lowest BCUT2D eigenvalue weighted by atomic mass is 10.2. The second-order valence-corrected chi connectivity index (χ2v) is 6.77. The van der Waals surface area contributed by atoms with Gasteiger partial charge < -0.3 is 19.1 Å². The van der Waals surface area contributed by atoms with Crippen LogP contribution in [0.3, 0.4) is 0 Å². The topological polar surface area (TPSA) is 85.4 Å². The fourth-order valence-electron chi connectivity index (χ4n) is 3.10. The molecular formula is C20H19N3O4. The van der Waals surface area contributed by atoms with Gasteiger partial charge in [-0.15, -0.1) is 10.2 Å². The SMILES string of the molecule is CC(C)Cn1c(O)c(N=NC(=O)c2ccc3c(c2)OCO3)c2ccccc21. The predicted octanol–water partition coefficient (Wildman–Crippen LogP) is 4.66. The molecule has 3 aromatic rings. The molecule has 2 heterocycles. The van der Waals surface area contributed by atoms with Gasteiger partial charge in [0.15, 0.2) is 17.2 Å². The van der Waals surface area contributed by atoms with Crippen LogP contribution in [0.2, 0.25) is 0 Å². The minimum absolute atomic E-state index is 0.00661. The minimum Gasteiger partial charge on any atom is -0.493 e. The van der Waals surface area contributed by atoms with Gasteiger partial charge in [-0.1, -0.05) is 32.0 Å². The summed E-state index contributed by atoms with van der Waals surface area (Å²) in [5.41, 5.74) is 1.49. The van der Waals surface area contributed by atoms with Crippen molar-refractivity contribution in [3.63, 3.8) is 0 Å². The Labute approximate surface area is 155 Å². The second-order valence-electron chi connectivity index (χ2n) is 6.77. The first kappa shape index (κ1) is 17.1.